The minimum absolute atomic E-state index is 0.0870. The number of nitrogens with two attached hydrogens (primary N) is 2. The monoisotopic (exact) mass is 171 g/mol. The predicted octanol–water partition coefficient (Wildman–Crippen LogP) is -1.23. The van der Waals surface area contributed by atoms with E-state index < -0.39 is 0 Å². The lowest BCUT2D eigenvalue weighted by Gasteiger charge is -1.99. The number of nitrogens with zero attached hydrogens (tertiary/aromatic N) is 2. The van der Waals surface area contributed by atoms with Gasteiger partial charge in [-0.15, -0.1) is 0 Å². The molecule has 0 aliphatic heterocycles. The van der Waals surface area contributed by atoms with Crippen LogP contribution in [-0.2, 0) is 4.79 Å². The van der Waals surface area contributed by atoms with Crippen molar-refractivity contribution in [3.63, 3.8) is 0 Å². The standard InChI is InChI=1S/C6H13N5O/c1-5(12)9-3-2-6(11-8)4-10-7/h4H,2-3,7-8H2,1H3,(H,9,12). The first-order valence-corrected chi connectivity index (χ1v) is 3.45. The van der Waals surface area contributed by atoms with Crippen LogP contribution in [0, 0.1) is 0 Å². The third kappa shape index (κ3) is 5.21. The predicted molar refractivity (Wildman–Crippen MR) is 47.6 cm³/mol. The number of rotatable bonds is 4. The highest BCUT2D eigenvalue weighted by Crippen LogP contribution is 1.80. The number of hydrogen-bond acceptors (Lipinski definition) is 5. The summed E-state index contributed by atoms with van der Waals surface area (Å²) in [6.07, 6.45) is 1.87. The van der Waals surface area contributed by atoms with Crippen LogP contribution >= 0.6 is 0 Å². The molecular weight excluding hydrogens is 158 g/mol. The zero-order valence-corrected chi connectivity index (χ0v) is 6.95. The van der Waals surface area contributed by atoms with Crippen molar-refractivity contribution in [1.82, 2.24) is 5.32 Å². The lowest BCUT2D eigenvalue weighted by molar-refractivity contribution is -0.118. The molecule has 0 saturated carbocycles. The van der Waals surface area contributed by atoms with Gasteiger partial charge in [-0.1, -0.05) is 0 Å². The normalized spacial score (nSPS) is 11.9. The van der Waals surface area contributed by atoms with Crippen molar-refractivity contribution in [2.24, 2.45) is 21.9 Å². The third-order valence-electron chi connectivity index (χ3n) is 1.14. The second-order valence-electron chi connectivity index (χ2n) is 2.13. The summed E-state index contributed by atoms with van der Waals surface area (Å²) in [5.41, 5.74) is 0.547. The smallest absolute Gasteiger partial charge is 0.216 e. The summed E-state index contributed by atoms with van der Waals surface area (Å²) in [4.78, 5) is 10.4. The van der Waals surface area contributed by atoms with Gasteiger partial charge in [0.2, 0.25) is 5.91 Å². The van der Waals surface area contributed by atoms with Gasteiger partial charge in [0.05, 0.1) is 11.9 Å². The molecule has 0 atom stereocenters. The van der Waals surface area contributed by atoms with E-state index >= 15 is 0 Å². The first kappa shape index (κ1) is 10.4. The molecular formula is C6H13N5O. The number of amides is 1. The fraction of sp³-hybridized carbons (Fsp3) is 0.500. The summed E-state index contributed by atoms with van der Waals surface area (Å²) in [5, 5.41) is 9.26. The molecule has 0 bridgehead atoms. The fourth-order valence-corrected chi connectivity index (χ4v) is 0.615. The van der Waals surface area contributed by atoms with Crippen molar-refractivity contribution in [2.75, 3.05) is 6.54 Å². The summed E-state index contributed by atoms with van der Waals surface area (Å²) in [6, 6.07) is 0. The Morgan fingerprint density at radius 2 is 2.25 bits per heavy atom. The Bertz CT molecular complexity index is 198. The molecule has 0 aliphatic carbocycles. The first-order valence-electron chi connectivity index (χ1n) is 3.45. The number of hydrogen-bond donors (Lipinski definition) is 3. The van der Waals surface area contributed by atoms with E-state index in [0.717, 1.165) is 0 Å². The molecule has 0 radical (unpaired) electrons. The quantitative estimate of drug-likeness (QED) is 0.280. The fourth-order valence-electron chi connectivity index (χ4n) is 0.615. The Hall–Kier alpha value is -1.59. The van der Waals surface area contributed by atoms with Gasteiger partial charge in [0, 0.05) is 19.9 Å². The largest absolute Gasteiger partial charge is 0.356 e. The van der Waals surface area contributed by atoms with Crippen LogP contribution in [0.15, 0.2) is 10.2 Å². The van der Waals surface area contributed by atoms with Gasteiger partial charge in [0.15, 0.2) is 0 Å². The van der Waals surface area contributed by atoms with E-state index in [1.807, 2.05) is 0 Å². The second kappa shape index (κ2) is 6.14. The van der Waals surface area contributed by atoms with Gasteiger partial charge >= 0.3 is 0 Å². The zero-order valence-electron chi connectivity index (χ0n) is 6.95. The van der Waals surface area contributed by atoms with Crippen molar-refractivity contribution in [3.8, 4) is 0 Å². The number of hydrazone groups is 2. The summed E-state index contributed by atoms with van der Waals surface area (Å²) in [7, 11) is 0. The maximum absolute atomic E-state index is 10.4. The number of nitrogens with one attached hydrogen (secondary N) is 1. The first-order chi connectivity index (χ1) is 5.70. The van der Waals surface area contributed by atoms with Crippen molar-refractivity contribution in [1.29, 1.82) is 0 Å². The number of carbonyl (C=O) groups is 1. The Balaban J connectivity index is 3.67. The molecule has 6 heteroatoms. The molecule has 68 valence electrons. The molecule has 0 unspecified atom stereocenters. The molecule has 12 heavy (non-hydrogen) atoms. The van der Waals surface area contributed by atoms with Crippen molar-refractivity contribution >= 4 is 17.8 Å². The molecule has 0 aromatic rings. The average Bonchev–Trinajstić information content (AvgIpc) is 2.02. The molecule has 0 aromatic heterocycles. The van der Waals surface area contributed by atoms with Crippen LogP contribution in [-0.4, -0.2) is 24.4 Å². The summed E-state index contributed by atoms with van der Waals surface area (Å²) < 4.78 is 0. The van der Waals surface area contributed by atoms with Gasteiger partial charge in [0.1, 0.15) is 0 Å². The summed E-state index contributed by atoms with van der Waals surface area (Å²) in [6.45, 7) is 1.92. The van der Waals surface area contributed by atoms with E-state index in [4.69, 9.17) is 11.7 Å². The van der Waals surface area contributed by atoms with Gasteiger partial charge in [-0.25, -0.2) is 0 Å². The van der Waals surface area contributed by atoms with Gasteiger partial charge < -0.3 is 17.0 Å². The lowest BCUT2D eigenvalue weighted by Crippen LogP contribution is -2.23. The van der Waals surface area contributed by atoms with Crippen LogP contribution < -0.4 is 17.0 Å². The topological polar surface area (TPSA) is 106 Å². The van der Waals surface area contributed by atoms with Gasteiger partial charge in [-0.05, 0) is 0 Å². The highest BCUT2D eigenvalue weighted by molar-refractivity contribution is 6.30. The minimum atomic E-state index is -0.0870. The van der Waals surface area contributed by atoms with E-state index in [1.165, 1.54) is 13.1 Å². The van der Waals surface area contributed by atoms with E-state index in [-0.39, 0.29) is 5.91 Å². The Kier molecular flexibility index (Phi) is 5.33. The number of carbonyl (C=O) groups excluding carboxylic acids is 1. The average molecular weight is 171 g/mol. The van der Waals surface area contributed by atoms with E-state index in [2.05, 4.69) is 15.5 Å². The van der Waals surface area contributed by atoms with Crippen LogP contribution in [0.1, 0.15) is 13.3 Å². The minimum Gasteiger partial charge on any atom is -0.356 e. The van der Waals surface area contributed by atoms with Gasteiger partial charge in [0.25, 0.3) is 0 Å². The summed E-state index contributed by atoms with van der Waals surface area (Å²) in [5.74, 6) is 9.80. The molecule has 0 rings (SSSR count). The van der Waals surface area contributed by atoms with Gasteiger partial charge in [-0.2, -0.15) is 10.2 Å². The molecule has 0 fully saturated rings. The van der Waals surface area contributed by atoms with Crippen LogP contribution in [0.4, 0.5) is 0 Å². The Labute approximate surface area is 70.7 Å². The molecule has 0 aromatic carbocycles. The highest BCUT2D eigenvalue weighted by Gasteiger charge is 1.95. The highest BCUT2D eigenvalue weighted by atomic mass is 16.1. The van der Waals surface area contributed by atoms with Crippen molar-refractivity contribution in [3.05, 3.63) is 0 Å². The van der Waals surface area contributed by atoms with E-state index in [0.29, 0.717) is 18.7 Å². The Morgan fingerprint density at radius 3 is 2.67 bits per heavy atom. The summed E-state index contributed by atoms with van der Waals surface area (Å²) >= 11 is 0. The molecule has 5 N–H and O–H groups in total. The van der Waals surface area contributed by atoms with E-state index in [9.17, 15) is 4.79 Å². The molecule has 0 aliphatic rings. The van der Waals surface area contributed by atoms with Crippen molar-refractivity contribution < 1.29 is 4.79 Å². The van der Waals surface area contributed by atoms with Crippen LogP contribution in [0.2, 0.25) is 0 Å². The van der Waals surface area contributed by atoms with Crippen molar-refractivity contribution in [2.45, 2.75) is 13.3 Å². The third-order valence-corrected chi connectivity index (χ3v) is 1.14. The SMILES string of the molecule is CC(=O)NCCC(C=NN)=NN. The zero-order chi connectivity index (χ0) is 9.40. The van der Waals surface area contributed by atoms with Crippen LogP contribution in [0.5, 0.6) is 0 Å². The molecule has 0 heterocycles. The molecule has 0 spiro atoms. The van der Waals surface area contributed by atoms with Crippen LogP contribution in [0.3, 0.4) is 0 Å². The van der Waals surface area contributed by atoms with Gasteiger partial charge in [-0.3, -0.25) is 4.79 Å². The molecule has 0 saturated heterocycles. The van der Waals surface area contributed by atoms with Crippen LogP contribution in [0.25, 0.3) is 0 Å². The maximum atomic E-state index is 10.4. The molecule has 6 nitrogen and oxygen atoms in total. The Morgan fingerprint density at radius 1 is 1.58 bits per heavy atom. The molecule has 1 amide bonds. The maximum Gasteiger partial charge on any atom is 0.216 e. The lowest BCUT2D eigenvalue weighted by atomic mass is 10.3. The van der Waals surface area contributed by atoms with E-state index in [1.54, 1.807) is 0 Å². The second-order valence-corrected chi connectivity index (χ2v) is 2.13.